The lowest BCUT2D eigenvalue weighted by Crippen LogP contribution is -2.13. The summed E-state index contributed by atoms with van der Waals surface area (Å²) < 4.78 is 0. The van der Waals surface area contributed by atoms with Crippen molar-refractivity contribution >= 4 is 11.6 Å². The van der Waals surface area contributed by atoms with E-state index in [1.807, 2.05) is 0 Å². The van der Waals surface area contributed by atoms with E-state index in [9.17, 15) is 0 Å². The first-order valence-corrected chi connectivity index (χ1v) is 14.7. The van der Waals surface area contributed by atoms with Crippen molar-refractivity contribution in [1.29, 1.82) is 0 Å². The maximum Gasteiger partial charge on any atom is 0.222 e. The Balaban J connectivity index is 1.20. The van der Waals surface area contributed by atoms with Crippen molar-refractivity contribution in [3.8, 4) is 11.1 Å². The van der Waals surface area contributed by atoms with Crippen LogP contribution in [0, 0.1) is 5.92 Å². The van der Waals surface area contributed by atoms with E-state index in [0.29, 0.717) is 5.28 Å². The molecule has 188 valence electrons. The molecule has 0 amide bonds. The fraction of sp³-hybridized carbons (Fsp3) is 0.677. The van der Waals surface area contributed by atoms with E-state index in [1.54, 1.807) is 12.4 Å². The van der Waals surface area contributed by atoms with Crippen LogP contribution in [0.25, 0.3) is 11.1 Å². The molecule has 0 aliphatic heterocycles. The number of aromatic nitrogens is 2. The van der Waals surface area contributed by atoms with Gasteiger partial charge in [0.15, 0.2) is 0 Å². The molecular weight excluding hydrogens is 436 g/mol. The van der Waals surface area contributed by atoms with Gasteiger partial charge in [-0.3, -0.25) is 0 Å². The van der Waals surface area contributed by atoms with Crippen LogP contribution in [0.5, 0.6) is 0 Å². The number of benzene rings is 1. The molecule has 0 radical (unpaired) electrons. The van der Waals surface area contributed by atoms with Crippen molar-refractivity contribution in [2.24, 2.45) is 5.92 Å². The molecule has 1 fully saturated rings. The highest BCUT2D eigenvalue weighted by molar-refractivity contribution is 6.28. The third kappa shape index (κ3) is 10.1. The van der Waals surface area contributed by atoms with Crippen molar-refractivity contribution in [3.63, 3.8) is 0 Å². The second-order valence-corrected chi connectivity index (χ2v) is 10.9. The third-order valence-electron chi connectivity index (χ3n) is 7.90. The lowest BCUT2D eigenvalue weighted by Gasteiger charge is -2.29. The zero-order valence-electron chi connectivity index (χ0n) is 21.6. The Morgan fingerprint density at radius 2 is 1.15 bits per heavy atom. The van der Waals surface area contributed by atoms with Gasteiger partial charge in [-0.25, -0.2) is 9.97 Å². The summed E-state index contributed by atoms with van der Waals surface area (Å²) in [4.78, 5) is 8.19. The fourth-order valence-corrected chi connectivity index (χ4v) is 5.74. The quantitative estimate of drug-likeness (QED) is 0.175. The summed E-state index contributed by atoms with van der Waals surface area (Å²) in [6.07, 6.45) is 29.4. The molecule has 3 heteroatoms. The van der Waals surface area contributed by atoms with Gasteiger partial charge in [0.25, 0.3) is 0 Å². The molecule has 2 aromatic rings. The number of halogens is 1. The Morgan fingerprint density at radius 3 is 1.68 bits per heavy atom. The van der Waals surface area contributed by atoms with Gasteiger partial charge in [0, 0.05) is 18.0 Å². The summed E-state index contributed by atoms with van der Waals surface area (Å²) in [5, 5.41) is 0.302. The zero-order chi connectivity index (χ0) is 23.8. The summed E-state index contributed by atoms with van der Waals surface area (Å²) in [6.45, 7) is 2.30. The highest BCUT2D eigenvalue weighted by atomic mass is 35.5. The van der Waals surface area contributed by atoms with Gasteiger partial charge in [-0.15, -0.1) is 0 Å². The van der Waals surface area contributed by atoms with Crippen LogP contribution in [-0.4, -0.2) is 9.97 Å². The Kier molecular flexibility index (Phi) is 13.0. The molecule has 0 bridgehead atoms. The molecule has 0 saturated heterocycles. The van der Waals surface area contributed by atoms with Crippen molar-refractivity contribution in [1.82, 2.24) is 9.97 Å². The third-order valence-corrected chi connectivity index (χ3v) is 8.09. The van der Waals surface area contributed by atoms with Crippen LogP contribution in [-0.2, 0) is 0 Å². The maximum absolute atomic E-state index is 5.81. The number of rotatable bonds is 16. The molecule has 0 spiro atoms. The second-order valence-electron chi connectivity index (χ2n) is 10.6. The van der Waals surface area contributed by atoms with Crippen molar-refractivity contribution in [3.05, 3.63) is 47.5 Å². The van der Waals surface area contributed by atoms with Crippen LogP contribution >= 0.6 is 11.6 Å². The van der Waals surface area contributed by atoms with Crippen molar-refractivity contribution in [2.45, 2.75) is 128 Å². The topological polar surface area (TPSA) is 25.8 Å². The molecule has 0 unspecified atom stereocenters. The lowest BCUT2D eigenvalue weighted by molar-refractivity contribution is 0.301. The first kappa shape index (κ1) is 27.2. The molecule has 1 aliphatic carbocycles. The van der Waals surface area contributed by atoms with E-state index in [-0.39, 0.29) is 0 Å². The molecule has 0 N–H and O–H groups in total. The van der Waals surface area contributed by atoms with Crippen LogP contribution in [0.15, 0.2) is 36.7 Å². The maximum atomic E-state index is 5.81. The normalized spacial score (nSPS) is 18.3. The van der Waals surface area contributed by atoms with E-state index < -0.39 is 0 Å². The van der Waals surface area contributed by atoms with Gasteiger partial charge in [-0.05, 0) is 60.2 Å². The Hall–Kier alpha value is -1.41. The van der Waals surface area contributed by atoms with E-state index in [4.69, 9.17) is 11.6 Å². The number of nitrogens with zero attached hydrogens (tertiary/aromatic N) is 2. The van der Waals surface area contributed by atoms with Crippen LogP contribution in [0.3, 0.4) is 0 Å². The van der Waals surface area contributed by atoms with E-state index in [0.717, 1.165) is 23.0 Å². The van der Waals surface area contributed by atoms with Gasteiger partial charge in [0.1, 0.15) is 0 Å². The van der Waals surface area contributed by atoms with Gasteiger partial charge in [-0.2, -0.15) is 0 Å². The molecular formula is C31H47ClN2. The first-order valence-electron chi connectivity index (χ1n) is 14.3. The average Bonchev–Trinajstić information content (AvgIpc) is 2.88. The van der Waals surface area contributed by atoms with Crippen molar-refractivity contribution in [2.75, 3.05) is 0 Å². The monoisotopic (exact) mass is 482 g/mol. The van der Waals surface area contributed by atoms with Gasteiger partial charge in [-0.1, -0.05) is 121 Å². The zero-order valence-corrected chi connectivity index (χ0v) is 22.4. The summed E-state index contributed by atoms with van der Waals surface area (Å²) >= 11 is 5.81. The molecule has 1 aromatic carbocycles. The highest BCUT2D eigenvalue weighted by Gasteiger charge is 2.22. The van der Waals surface area contributed by atoms with Crippen LogP contribution in [0.2, 0.25) is 5.28 Å². The van der Waals surface area contributed by atoms with Crippen molar-refractivity contribution < 1.29 is 0 Å². The Bertz CT molecular complexity index is 763. The Morgan fingerprint density at radius 1 is 0.647 bits per heavy atom. The van der Waals surface area contributed by atoms with E-state index in [1.165, 1.54) is 121 Å². The highest BCUT2D eigenvalue weighted by Crippen LogP contribution is 2.38. The van der Waals surface area contributed by atoms with Gasteiger partial charge >= 0.3 is 0 Å². The number of hydrogen-bond acceptors (Lipinski definition) is 2. The van der Waals surface area contributed by atoms with E-state index >= 15 is 0 Å². The summed E-state index contributed by atoms with van der Waals surface area (Å²) in [7, 11) is 0. The minimum Gasteiger partial charge on any atom is -0.226 e. The number of hydrogen-bond donors (Lipinski definition) is 0. The minimum atomic E-state index is 0.302. The SMILES string of the molecule is CCCCCCCCCCCCCCCC1CCC(c2ccc(-c3cnc(Cl)nc3)cc2)CC1. The summed E-state index contributed by atoms with van der Waals surface area (Å²) in [5.74, 6) is 1.70. The molecule has 1 aliphatic rings. The lowest BCUT2D eigenvalue weighted by atomic mass is 9.77. The molecule has 1 heterocycles. The molecule has 1 saturated carbocycles. The van der Waals surface area contributed by atoms with E-state index in [2.05, 4.69) is 41.2 Å². The smallest absolute Gasteiger partial charge is 0.222 e. The molecule has 3 rings (SSSR count). The average molecular weight is 483 g/mol. The summed E-state index contributed by atoms with van der Waals surface area (Å²) in [6, 6.07) is 9.03. The fourth-order valence-electron chi connectivity index (χ4n) is 5.64. The largest absolute Gasteiger partial charge is 0.226 e. The Labute approximate surface area is 214 Å². The predicted molar refractivity (Wildman–Crippen MR) is 147 cm³/mol. The van der Waals surface area contributed by atoms with Crippen LogP contribution < -0.4 is 0 Å². The summed E-state index contributed by atoms with van der Waals surface area (Å²) in [5.41, 5.74) is 3.69. The second kappa shape index (κ2) is 16.3. The minimum absolute atomic E-state index is 0.302. The van der Waals surface area contributed by atoms with Gasteiger partial charge in [0.05, 0.1) is 0 Å². The van der Waals surface area contributed by atoms with Gasteiger partial charge < -0.3 is 0 Å². The van der Waals surface area contributed by atoms with Gasteiger partial charge in [0.2, 0.25) is 5.28 Å². The van der Waals surface area contributed by atoms with Crippen LogP contribution in [0.1, 0.15) is 134 Å². The standard InChI is InChI=1S/C31H47ClN2/c1-2-3-4-5-6-7-8-9-10-11-12-13-14-15-26-16-18-27(19-17-26)28-20-22-29(23-21-28)30-24-33-31(32)34-25-30/h20-27H,2-19H2,1H3. The molecule has 34 heavy (non-hydrogen) atoms. The first-order chi connectivity index (χ1) is 16.8. The molecule has 1 aromatic heterocycles. The predicted octanol–water partition coefficient (Wildman–Crippen LogP) is 10.6. The molecule has 0 atom stereocenters. The number of unbranched alkanes of at least 4 members (excludes halogenated alkanes) is 12. The van der Waals surface area contributed by atoms with Crippen LogP contribution in [0.4, 0.5) is 0 Å². The molecule has 2 nitrogen and oxygen atoms in total.